The molecule has 1 amide bonds. The molecule has 0 atom stereocenters. The topological polar surface area (TPSA) is 38.3 Å². The Labute approximate surface area is 115 Å². The van der Waals surface area contributed by atoms with Gasteiger partial charge in [0.2, 0.25) is 6.04 Å². The maximum Gasteiger partial charge on any atom is 0.417 e. The molecule has 1 aromatic rings. The number of halogens is 6. The number of carbonyl (C=O) groups is 1. The fraction of sp³-hybridized carbons (Fsp3) is 0.417. The molecular formula is C12H11F6NO2. The summed E-state index contributed by atoms with van der Waals surface area (Å²) >= 11 is 0. The molecule has 0 saturated carbocycles. The van der Waals surface area contributed by atoms with Crippen LogP contribution in [0, 0.1) is 13.8 Å². The lowest BCUT2D eigenvalue weighted by Crippen LogP contribution is -2.55. The molecule has 118 valence electrons. The highest BCUT2D eigenvalue weighted by molar-refractivity contribution is 5.71. The van der Waals surface area contributed by atoms with Crippen molar-refractivity contribution in [2.24, 2.45) is 0 Å². The number of alkyl halides is 6. The summed E-state index contributed by atoms with van der Waals surface area (Å²) < 4.78 is 78.1. The number of rotatable bonds is 2. The fourth-order valence-corrected chi connectivity index (χ4v) is 1.43. The second-order valence-electron chi connectivity index (χ2n) is 4.25. The molecule has 21 heavy (non-hydrogen) atoms. The molecule has 0 saturated heterocycles. The lowest BCUT2D eigenvalue weighted by molar-refractivity contribution is -0.255. The van der Waals surface area contributed by atoms with Gasteiger partial charge in [-0.05, 0) is 31.0 Å². The van der Waals surface area contributed by atoms with Crippen LogP contribution in [0.3, 0.4) is 0 Å². The third-order valence-corrected chi connectivity index (χ3v) is 2.67. The van der Waals surface area contributed by atoms with Crippen LogP contribution in [0.1, 0.15) is 11.1 Å². The molecule has 0 aliphatic rings. The molecule has 0 spiro atoms. The van der Waals surface area contributed by atoms with Crippen LogP contribution in [0.4, 0.5) is 31.1 Å². The zero-order chi connectivity index (χ0) is 16.4. The minimum atomic E-state index is -5.67. The van der Waals surface area contributed by atoms with E-state index in [0.717, 1.165) is 5.32 Å². The number of amides is 1. The van der Waals surface area contributed by atoms with Gasteiger partial charge in [-0.15, -0.1) is 0 Å². The van der Waals surface area contributed by atoms with E-state index in [1.54, 1.807) is 13.0 Å². The third kappa shape index (κ3) is 4.54. The average Bonchev–Trinajstić information content (AvgIpc) is 2.29. The van der Waals surface area contributed by atoms with E-state index >= 15 is 0 Å². The van der Waals surface area contributed by atoms with E-state index in [1.807, 2.05) is 0 Å². The number of ether oxygens (including phenoxy) is 1. The summed E-state index contributed by atoms with van der Waals surface area (Å²) in [5, 5.41) is 0.781. The van der Waals surface area contributed by atoms with Gasteiger partial charge in [0.25, 0.3) is 0 Å². The van der Waals surface area contributed by atoms with Crippen LogP contribution in [0.2, 0.25) is 0 Å². The van der Waals surface area contributed by atoms with E-state index in [0.29, 0.717) is 11.1 Å². The number of hydrogen-bond acceptors (Lipinski definition) is 2. The Morgan fingerprint density at radius 3 is 2.10 bits per heavy atom. The molecule has 0 heterocycles. The summed E-state index contributed by atoms with van der Waals surface area (Å²) in [6.07, 6.45) is -13.2. The predicted octanol–water partition coefficient (Wildman–Crippen LogP) is 3.89. The summed E-state index contributed by atoms with van der Waals surface area (Å²) in [4.78, 5) is 11.2. The molecule has 0 aliphatic carbocycles. The Kier molecular flexibility index (Phi) is 4.75. The van der Waals surface area contributed by atoms with Crippen LogP contribution in [0.5, 0.6) is 5.75 Å². The SMILES string of the molecule is Cc1cccc(OC(=O)NC(C(F)(F)F)C(F)(F)F)c1C. The number of carbonyl (C=O) groups excluding carboxylic acids is 1. The van der Waals surface area contributed by atoms with Gasteiger partial charge in [-0.1, -0.05) is 12.1 Å². The number of hydrogen-bond donors (Lipinski definition) is 1. The lowest BCUT2D eigenvalue weighted by atomic mass is 10.1. The largest absolute Gasteiger partial charge is 0.417 e. The predicted molar refractivity (Wildman–Crippen MR) is 61.0 cm³/mol. The van der Waals surface area contributed by atoms with Gasteiger partial charge >= 0.3 is 18.4 Å². The standard InChI is InChI=1S/C12H11F6NO2/c1-6-4-3-5-8(7(6)2)21-10(20)19-9(11(13,14)15)12(16,17)18/h3-5,9H,1-2H3,(H,19,20). The van der Waals surface area contributed by atoms with Crippen molar-refractivity contribution in [2.45, 2.75) is 32.2 Å². The first-order valence-corrected chi connectivity index (χ1v) is 5.61. The van der Waals surface area contributed by atoms with Crippen molar-refractivity contribution >= 4 is 6.09 Å². The molecule has 1 aromatic carbocycles. The molecule has 0 aliphatic heterocycles. The van der Waals surface area contributed by atoms with Crippen LogP contribution in [-0.2, 0) is 0 Å². The zero-order valence-electron chi connectivity index (χ0n) is 10.9. The van der Waals surface area contributed by atoms with Gasteiger partial charge < -0.3 is 10.1 Å². The highest BCUT2D eigenvalue weighted by atomic mass is 19.4. The molecule has 1 rings (SSSR count). The maximum absolute atomic E-state index is 12.3. The molecule has 0 aromatic heterocycles. The first-order valence-electron chi connectivity index (χ1n) is 5.61. The second kappa shape index (κ2) is 5.82. The summed E-state index contributed by atoms with van der Waals surface area (Å²) in [6, 6.07) is 0.380. The van der Waals surface area contributed by atoms with Crippen molar-refractivity contribution in [1.82, 2.24) is 5.32 Å². The molecule has 0 unspecified atom stereocenters. The smallest absolute Gasteiger partial charge is 0.410 e. The van der Waals surface area contributed by atoms with E-state index in [1.165, 1.54) is 19.1 Å². The third-order valence-electron chi connectivity index (χ3n) is 2.67. The molecule has 1 N–H and O–H groups in total. The van der Waals surface area contributed by atoms with Gasteiger partial charge in [-0.25, -0.2) is 4.79 Å². The monoisotopic (exact) mass is 315 g/mol. The minimum absolute atomic E-state index is 0.115. The molecule has 3 nitrogen and oxygen atoms in total. The summed E-state index contributed by atoms with van der Waals surface area (Å²) in [6.45, 7) is 3.16. The Balaban J connectivity index is 2.87. The van der Waals surface area contributed by atoms with Gasteiger partial charge in [0.15, 0.2) is 0 Å². The van der Waals surface area contributed by atoms with E-state index < -0.39 is 24.5 Å². The van der Waals surface area contributed by atoms with Gasteiger partial charge in [0, 0.05) is 0 Å². The van der Waals surface area contributed by atoms with Crippen LogP contribution in [-0.4, -0.2) is 24.5 Å². The van der Waals surface area contributed by atoms with Crippen LogP contribution < -0.4 is 10.1 Å². The normalized spacial score (nSPS) is 12.4. The molecule has 0 bridgehead atoms. The number of nitrogens with one attached hydrogen (secondary N) is 1. The Hall–Kier alpha value is -1.93. The van der Waals surface area contributed by atoms with Crippen LogP contribution >= 0.6 is 0 Å². The van der Waals surface area contributed by atoms with Gasteiger partial charge in [-0.2, -0.15) is 26.3 Å². The van der Waals surface area contributed by atoms with Crippen molar-refractivity contribution < 1.29 is 35.9 Å². The van der Waals surface area contributed by atoms with Crippen molar-refractivity contribution in [3.05, 3.63) is 29.3 Å². The van der Waals surface area contributed by atoms with Gasteiger partial charge in [0.1, 0.15) is 5.75 Å². The van der Waals surface area contributed by atoms with E-state index in [4.69, 9.17) is 0 Å². The van der Waals surface area contributed by atoms with Crippen molar-refractivity contribution in [3.8, 4) is 5.75 Å². The maximum atomic E-state index is 12.3. The average molecular weight is 315 g/mol. The van der Waals surface area contributed by atoms with E-state index in [-0.39, 0.29) is 5.75 Å². The van der Waals surface area contributed by atoms with Crippen molar-refractivity contribution in [2.75, 3.05) is 0 Å². The zero-order valence-corrected chi connectivity index (χ0v) is 10.9. The molecule has 9 heteroatoms. The van der Waals surface area contributed by atoms with Crippen molar-refractivity contribution in [3.63, 3.8) is 0 Å². The Morgan fingerprint density at radius 1 is 1.10 bits per heavy atom. The van der Waals surface area contributed by atoms with E-state index in [2.05, 4.69) is 4.74 Å². The Morgan fingerprint density at radius 2 is 1.62 bits per heavy atom. The second-order valence-corrected chi connectivity index (χ2v) is 4.25. The van der Waals surface area contributed by atoms with Gasteiger partial charge in [0.05, 0.1) is 0 Å². The quantitative estimate of drug-likeness (QED) is 0.841. The Bertz CT molecular complexity index is 509. The molecule has 0 radical (unpaired) electrons. The first-order chi connectivity index (χ1) is 9.43. The first kappa shape index (κ1) is 17.1. The van der Waals surface area contributed by atoms with Crippen molar-refractivity contribution in [1.29, 1.82) is 0 Å². The molecule has 0 fully saturated rings. The fourth-order valence-electron chi connectivity index (χ4n) is 1.43. The summed E-state index contributed by atoms with van der Waals surface area (Å²) in [7, 11) is 0. The number of benzene rings is 1. The summed E-state index contributed by atoms with van der Waals surface area (Å²) in [5.41, 5.74) is 1.10. The highest BCUT2D eigenvalue weighted by Gasteiger charge is 2.57. The van der Waals surface area contributed by atoms with Gasteiger partial charge in [-0.3, -0.25) is 0 Å². The lowest BCUT2D eigenvalue weighted by Gasteiger charge is -2.23. The highest BCUT2D eigenvalue weighted by Crippen LogP contribution is 2.33. The van der Waals surface area contributed by atoms with Crippen LogP contribution in [0.25, 0.3) is 0 Å². The minimum Gasteiger partial charge on any atom is -0.410 e. The van der Waals surface area contributed by atoms with E-state index in [9.17, 15) is 31.1 Å². The number of aryl methyl sites for hydroxylation is 1. The van der Waals surface area contributed by atoms with Crippen LogP contribution in [0.15, 0.2) is 18.2 Å². The summed E-state index contributed by atoms with van der Waals surface area (Å²) in [5.74, 6) is -0.115. The molecular weight excluding hydrogens is 304 g/mol.